The Bertz CT molecular complexity index is 733. The second-order valence-electron chi connectivity index (χ2n) is 4.50. The summed E-state index contributed by atoms with van der Waals surface area (Å²) >= 11 is 1.57. The molecule has 0 radical (unpaired) electrons. The lowest BCUT2D eigenvalue weighted by molar-refractivity contribution is 0.625. The number of hydrogen-bond acceptors (Lipinski definition) is 3. The summed E-state index contributed by atoms with van der Waals surface area (Å²) < 4.78 is 13.3. The predicted octanol–water partition coefficient (Wildman–Crippen LogP) is 4.25. The van der Waals surface area contributed by atoms with Crippen molar-refractivity contribution in [1.29, 1.82) is 0 Å². The third kappa shape index (κ3) is 2.75. The van der Waals surface area contributed by atoms with Gasteiger partial charge in [0.05, 0.1) is 5.52 Å². The van der Waals surface area contributed by atoms with Gasteiger partial charge in [-0.05, 0) is 35.9 Å². The number of pyridine rings is 1. The zero-order chi connectivity index (χ0) is 13.9. The third-order valence-electron chi connectivity index (χ3n) is 3.03. The van der Waals surface area contributed by atoms with Crippen molar-refractivity contribution in [2.45, 2.75) is 10.6 Å². The molecule has 0 aliphatic heterocycles. The van der Waals surface area contributed by atoms with Crippen molar-refractivity contribution in [1.82, 2.24) is 4.98 Å². The van der Waals surface area contributed by atoms with Crippen LogP contribution >= 0.6 is 11.8 Å². The van der Waals surface area contributed by atoms with Crippen LogP contribution in [0.4, 0.5) is 10.1 Å². The molecule has 0 saturated heterocycles. The minimum absolute atomic E-state index is 0.299. The van der Waals surface area contributed by atoms with Gasteiger partial charge in [-0.25, -0.2) is 4.39 Å². The molecule has 0 saturated carbocycles. The van der Waals surface area contributed by atoms with E-state index in [2.05, 4.69) is 11.1 Å². The smallest absolute Gasteiger partial charge is 0.126 e. The number of fused-ring (bicyclic) bond motifs is 1. The highest BCUT2D eigenvalue weighted by atomic mass is 32.2. The number of nitrogen functional groups attached to an aromatic ring is 1. The maximum atomic E-state index is 13.3. The normalized spacial score (nSPS) is 10.8. The lowest BCUT2D eigenvalue weighted by Crippen LogP contribution is -1.89. The van der Waals surface area contributed by atoms with Gasteiger partial charge in [-0.2, -0.15) is 0 Å². The summed E-state index contributed by atoms with van der Waals surface area (Å²) in [7, 11) is 0. The summed E-state index contributed by atoms with van der Waals surface area (Å²) in [6, 6.07) is 14.6. The molecule has 3 aromatic rings. The van der Waals surface area contributed by atoms with E-state index in [4.69, 9.17) is 5.73 Å². The van der Waals surface area contributed by atoms with E-state index in [1.807, 2.05) is 24.3 Å². The summed E-state index contributed by atoms with van der Waals surface area (Å²) in [5.41, 5.74) is 8.27. The fourth-order valence-electron chi connectivity index (χ4n) is 2.11. The minimum Gasteiger partial charge on any atom is -0.399 e. The van der Waals surface area contributed by atoms with Crippen LogP contribution in [0.2, 0.25) is 0 Å². The Morgan fingerprint density at radius 2 is 1.95 bits per heavy atom. The third-order valence-corrected chi connectivity index (χ3v) is 4.05. The van der Waals surface area contributed by atoms with Crippen LogP contribution in [-0.2, 0) is 5.75 Å². The number of aromatic nitrogens is 1. The number of anilines is 1. The fourth-order valence-corrected chi connectivity index (χ4v) is 3.10. The Balaban J connectivity index is 1.87. The van der Waals surface area contributed by atoms with E-state index < -0.39 is 0 Å². The molecule has 0 atom stereocenters. The zero-order valence-electron chi connectivity index (χ0n) is 10.7. The molecule has 3 rings (SSSR count). The summed E-state index contributed by atoms with van der Waals surface area (Å²) in [6.07, 6.45) is 1.80. The van der Waals surface area contributed by atoms with E-state index in [0.29, 0.717) is 5.69 Å². The van der Waals surface area contributed by atoms with Crippen molar-refractivity contribution in [3.63, 3.8) is 0 Å². The molecule has 4 heteroatoms. The minimum atomic E-state index is -0.299. The maximum Gasteiger partial charge on any atom is 0.126 e. The lowest BCUT2D eigenvalue weighted by Gasteiger charge is -2.06. The standard InChI is InChI=1S/C16H13FN2S/c17-12-7-13(18)9-14(8-12)20-10-11-5-6-19-16-4-2-1-3-15(11)16/h1-9H,10,18H2. The van der Waals surface area contributed by atoms with Crippen molar-refractivity contribution < 1.29 is 4.39 Å². The van der Waals surface area contributed by atoms with Crippen molar-refractivity contribution >= 4 is 28.4 Å². The highest BCUT2D eigenvalue weighted by Crippen LogP contribution is 2.28. The molecule has 20 heavy (non-hydrogen) atoms. The molecule has 1 heterocycles. The van der Waals surface area contributed by atoms with E-state index in [0.717, 1.165) is 21.6 Å². The number of rotatable bonds is 3. The molecule has 0 amide bonds. The van der Waals surface area contributed by atoms with E-state index >= 15 is 0 Å². The lowest BCUT2D eigenvalue weighted by atomic mass is 10.1. The summed E-state index contributed by atoms with van der Waals surface area (Å²) in [6.45, 7) is 0. The molecule has 0 unspecified atom stereocenters. The van der Waals surface area contributed by atoms with Gasteiger partial charge in [0, 0.05) is 27.9 Å². The molecule has 2 aromatic carbocycles. The maximum absolute atomic E-state index is 13.3. The molecule has 0 aliphatic rings. The summed E-state index contributed by atoms with van der Waals surface area (Å²) in [5, 5.41) is 1.13. The number of para-hydroxylation sites is 1. The molecule has 2 N–H and O–H groups in total. The van der Waals surface area contributed by atoms with Gasteiger partial charge in [0.25, 0.3) is 0 Å². The summed E-state index contributed by atoms with van der Waals surface area (Å²) in [5.74, 6) is 0.457. The molecule has 2 nitrogen and oxygen atoms in total. The van der Waals surface area contributed by atoms with Crippen LogP contribution in [0.3, 0.4) is 0 Å². The molecule has 1 aromatic heterocycles. The van der Waals surface area contributed by atoms with E-state index in [1.165, 1.54) is 17.7 Å². The Labute approximate surface area is 120 Å². The first-order chi connectivity index (χ1) is 9.72. The van der Waals surface area contributed by atoms with Gasteiger partial charge in [0.1, 0.15) is 5.82 Å². The molecule has 0 spiro atoms. The largest absolute Gasteiger partial charge is 0.399 e. The average Bonchev–Trinajstić information content (AvgIpc) is 2.44. The topological polar surface area (TPSA) is 38.9 Å². The average molecular weight is 284 g/mol. The SMILES string of the molecule is Nc1cc(F)cc(SCc2ccnc3ccccc23)c1. The van der Waals surface area contributed by atoms with Gasteiger partial charge >= 0.3 is 0 Å². The number of nitrogens with zero attached hydrogens (tertiary/aromatic N) is 1. The number of nitrogens with two attached hydrogens (primary N) is 1. The van der Waals surface area contributed by atoms with Gasteiger partial charge in [-0.15, -0.1) is 11.8 Å². The second kappa shape index (κ2) is 5.51. The molecule has 100 valence electrons. The predicted molar refractivity (Wildman–Crippen MR) is 82.1 cm³/mol. The highest BCUT2D eigenvalue weighted by Gasteiger charge is 2.04. The fraction of sp³-hybridized carbons (Fsp3) is 0.0625. The molecule has 0 bridgehead atoms. The summed E-state index contributed by atoms with van der Waals surface area (Å²) in [4.78, 5) is 5.17. The Kier molecular flexibility index (Phi) is 3.56. The van der Waals surface area contributed by atoms with Crippen LogP contribution in [0.25, 0.3) is 10.9 Å². The van der Waals surface area contributed by atoms with Gasteiger partial charge in [-0.1, -0.05) is 18.2 Å². The van der Waals surface area contributed by atoms with Crippen LogP contribution < -0.4 is 5.73 Å². The number of benzene rings is 2. The van der Waals surface area contributed by atoms with Crippen LogP contribution in [0, 0.1) is 5.82 Å². The van der Waals surface area contributed by atoms with Gasteiger partial charge in [0.2, 0.25) is 0 Å². The Morgan fingerprint density at radius 3 is 2.80 bits per heavy atom. The van der Waals surface area contributed by atoms with Crippen molar-refractivity contribution in [2.24, 2.45) is 0 Å². The van der Waals surface area contributed by atoms with Crippen molar-refractivity contribution in [3.05, 3.63) is 66.1 Å². The van der Waals surface area contributed by atoms with E-state index in [-0.39, 0.29) is 5.82 Å². The molecular weight excluding hydrogens is 271 g/mol. The van der Waals surface area contributed by atoms with Crippen LogP contribution in [0.5, 0.6) is 0 Å². The van der Waals surface area contributed by atoms with Gasteiger partial charge < -0.3 is 5.73 Å². The second-order valence-corrected chi connectivity index (χ2v) is 5.54. The van der Waals surface area contributed by atoms with Crippen molar-refractivity contribution in [3.8, 4) is 0 Å². The monoisotopic (exact) mass is 284 g/mol. The highest BCUT2D eigenvalue weighted by molar-refractivity contribution is 7.98. The zero-order valence-corrected chi connectivity index (χ0v) is 11.5. The van der Waals surface area contributed by atoms with Gasteiger partial charge in [0.15, 0.2) is 0 Å². The van der Waals surface area contributed by atoms with E-state index in [1.54, 1.807) is 24.0 Å². The first kappa shape index (κ1) is 12.9. The number of hydrogen-bond donors (Lipinski definition) is 1. The number of thioether (sulfide) groups is 1. The molecule has 0 fully saturated rings. The number of halogens is 1. The molecule has 0 aliphatic carbocycles. The molecular formula is C16H13FN2S. The quantitative estimate of drug-likeness (QED) is 0.577. The van der Waals surface area contributed by atoms with Crippen LogP contribution in [-0.4, -0.2) is 4.98 Å². The Morgan fingerprint density at radius 1 is 1.10 bits per heavy atom. The van der Waals surface area contributed by atoms with Crippen molar-refractivity contribution in [2.75, 3.05) is 5.73 Å². The van der Waals surface area contributed by atoms with Crippen LogP contribution in [0.15, 0.2) is 59.6 Å². The van der Waals surface area contributed by atoms with Crippen LogP contribution in [0.1, 0.15) is 5.56 Å². The Hall–Kier alpha value is -2.07. The van der Waals surface area contributed by atoms with E-state index in [9.17, 15) is 4.39 Å². The first-order valence-electron chi connectivity index (χ1n) is 6.24. The first-order valence-corrected chi connectivity index (χ1v) is 7.22. The van der Waals surface area contributed by atoms with Gasteiger partial charge in [-0.3, -0.25) is 4.98 Å².